The lowest BCUT2D eigenvalue weighted by Gasteiger charge is -2.19. The van der Waals surface area contributed by atoms with Crippen molar-refractivity contribution in [2.45, 2.75) is 52.1 Å². The lowest BCUT2D eigenvalue weighted by atomic mass is 9.89. The molecule has 204 valence electrons. The molecule has 3 aromatic carbocycles. The van der Waals surface area contributed by atoms with Crippen LogP contribution in [0.3, 0.4) is 0 Å². The lowest BCUT2D eigenvalue weighted by molar-refractivity contribution is -0.141. The Kier molecular flexibility index (Phi) is 6.74. The van der Waals surface area contributed by atoms with Crippen LogP contribution in [-0.2, 0) is 16.0 Å². The number of rotatable bonds is 6. The number of carbonyl (C=O) groups is 1. The minimum atomic E-state index is -0.402. The summed E-state index contributed by atoms with van der Waals surface area (Å²) in [6.07, 6.45) is 3.04. The fraction of sp³-hybridized carbons (Fsp3) is 0.303. The predicted octanol–water partition coefficient (Wildman–Crippen LogP) is 6.98. The molecule has 2 atom stereocenters. The third kappa shape index (κ3) is 4.70. The Balaban J connectivity index is 1.29. The summed E-state index contributed by atoms with van der Waals surface area (Å²) in [7, 11) is 1.39. The number of benzene rings is 3. The molecular formula is C33H31FN2O4. The van der Waals surface area contributed by atoms with Gasteiger partial charge in [0.15, 0.2) is 5.82 Å². The standard InChI is InChI=1S/C33H31FN2O4/c1-18-13-21(33-35-12-11-20(3)36-33)14-19(2)31(18)25-7-9-27(34)32-26(25)8-10-28(32)40-23-5-6-24-22(15-30(37)38-4)17-39-29(24)16-23/h5-7,9,11-14,16,22,28H,8,10,15,17H2,1-4H3/t22-,28-/m1/s1. The Morgan fingerprint density at radius 2 is 1.88 bits per heavy atom. The van der Waals surface area contributed by atoms with Gasteiger partial charge in [-0.2, -0.15) is 0 Å². The van der Waals surface area contributed by atoms with E-state index in [2.05, 4.69) is 35.9 Å². The molecule has 7 heteroatoms. The van der Waals surface area contributed by atoms with Gasteiger partial charge in [0.05, 0.1) is 20.1 Å². The highest BCUT2D eigenvalue weighted by Crippen LogP contribution is 2.45. The SMILES string of the molecule is COC(=O)C[C@@H]1COc2cc(O[C@@H]3CCc4c(-c5c(C)cc(-c6nccc(C)n6)cc5C)ccc(F)c43)ccc21. The van der Waals surface area contributed by atoms with Gasteiger partial charge in [-0.3, -0.25) is 4.79 Å². The van der Waals surface area contributed by atoms with Gasteiger partial charge in [0, 0.05) is 40.6 Å². The Morgan fingerprint density at radius 3 is 2.62 bits per heavy atom. The van der Waals surface area contributed by atoms with Crippen molar-refractivity contribution in [1.82, 2.24) is 9.97 Å². The molecule has 1 aliphatic heterocycles. The average molecular weight is 539 g/mol. The molecule has 0 saturated carbocycles. The zero-order valence-corrected chi connectivity index (χ0v) is 23.1. The number of hydrogen-bond donors (Lipinski definition) is 0. The second-order valence-corrected chi connectivity index (χ2v) is 10.6. The first-order valence-corrected chi connectivity index (χ1v) is 13.6. The van der Waals surface area contributed by atoms with E-state index in [1.165, 1.54) is 7.11 Å². The van der Waals surface area contributed by atoms with Crippen molar-refractivity contribution in [3.63, 3.8) is 0 Å². The van der Waals surface area contributed by atoms with Crippen LogP contribution in [0, 0.1) is 26.6 Å². The minimum absolute atomic E-state index is 0.0425. The van der Waals surface area contributed by atoms with E-state index >= 15 is 4.39 Å². The summed E-state index contributed by atoms with van der Waals surface area (Å²) in [5.41, 5.74) is 8.79. The number of ether oxygens (including phenoxy) is 3. The van der Waals surface area contributed by atoms with Crippen molar-refractivity contribution in [3.05, 3.63) is 94.1 Å². The molecule has 0 saturated heterocycles. The normalized spacial score (nSPS) is 17.2. The van der Waals surface area contributed by atoms with Gasteiger partial charge in [0.1, 0.15) is 23.4 Å². The van der Waals surface area contributed by atoms with Crippen LogP contribution in [-0.4, -0.2) is 29.7 Å². The number of esters is 1. The first kappa shape index (κ1) is 26.0. The second-order valence-electron chi connectivity index (χ2n) is 10.6. The van der Waals surface area contributed by atoms with E-state index in [1.807, 2.05) is 37.3 Å². The molecule has 2 aliphatic rings. The van der Waals surface area contributed by atoms with Gasteiger partial charge in [-0.1, -0.05) is 12.1 Å². The molecule has 0 spiro atoms. The predicted molar refractivity (Wildman–Crippen MR) is 150 cm³/mol. The van der Waals surface area contributed by atoms with E-state index in [4.69, 9.17) is 14.2 Å². The number of nitrogens with zero attached hydrogens (tertiary/aromatic N) is 2. The average Bonchev–Trinajstić information content (AvgIpc) is 3.54. The van der Waals surface area contributed by atoms with Crippen LogP contribution in [0.1, 0.15) is 58.4 Å². The smallest absolute Gasteiger partial charge is 0.306 e. The monoisotopic (exact) mass is 538 g/mol. The highest BCUT2D eigenvalue weighted by atomic mass is 19.1. The van der Waals surface area contributed by atoms with Crippen LogP contribution >= 0.6 is 0 Å². The van der Waals surface area contributed by atoms with Crippen LogP contribution in [0.25, 0.3) is 22.5 Å². The third-order valence-electron chi connectivity index (χ3n) is 7.92. The van der Waals surface area contributed by atoms with E-state index < -0.39 is 6.10 Å². The van der Waals surface area contributed by atoms with Crippen LogP contribution in [0.5, 0.6) is 11.5 Å². The van der Waals surface area contributed by atoms with Gasteiger partial charge in [0.25, 0.3) is 0 Å². The molecule has 1 aromatic heterocycles. The second kappa shape index (κ2) is 10.4. The van der Waals surface area contributed by atoms with E-state index in [0.717, 1.165) is 51.1 Å². The van der Waals surface area contributed by atoms with E-state index in [9.17, 15) is 4.79 Å². The van der Waals surface area contributed by atoms with Crippen molar-refractivity contribution >= 4 is 5.97 Å². The van der Waals surface area contributed by atoms with Crippen LogP contribution < -0.4 is 9.47 Å². The summed E-state index contributed by atoms with van der Waals surface area (Å²) >= 11 is 0. The van der Waals surface area contributed by atoms with Crippen LogP contribution in [0.4, 0.5) is 4.39 Å². The minimum Gasteiger partial charge on any atom is -0.492 e. The summed E-state index contributed by atoms with van der Waals surface area (Å²) in [4.78, 5) is 20.8. The Labute approximate surface area is 233 Å². The maximum Gasteiger partial charge on any atom is 0.306 e. The van der Waals surface area contributed by atoms with E-state index in [1.54, 1.807) is 12.3 Å². The van der Waals surface area contributed by atoms with Crippen LogP contribution in [0.15, 0.2) is 54.7 Å². The summed E-state index contributed by atoms with van der Waals surface area (Å²) < 4.78 is 32.3. The maximum absolute atomic E-state index is 15.3. The number of aryl methyl sites for hydroxylation is 3. The molecule has 40 heavy (non-hydrogen) atoms. The summed E-state index contributed by atoms with van der Waals surface area (Å²) in [6.45, 7) is 6.54. The highest BCUT2D eigenvalue weighted by Gasteiger charge is 2.32. The lowest BCUT2D eigenvalue weighted by Crippen LogP contribution is -2.09. The van der Waals surface area contributed by atoms with Crippen molar-refractivity contribution in [2.24, 2.45) is 0 Å². The number of halogens is 1. The molecule has 0 N–H and O–H groups in total. The molecule has 0 amide bonds. The fourth-order valence-electron chi connectivity index (χ4n) is 6.08. The molecule has 1 aliphatic carbocycles. The molecule has 0 fully saturated rings. The molecule has 4 aromatic rings. The zero-order valence-electron chi connectivity index (χ0n) is 23.1. The van der Waals surface area contributed by atoms with Gasteiger partial charge in [-0.05, 0) is 91.8 Å². The number of carbonyl (C=O) groups excluding carboxylic acids is 1. The van der Waals surface area contributed by atoms with Crippen molar-refractivity contribution < 1.29 is 23.4 Å². The highest BCUT2D eigenvalue weighted by molar-refractivity contribution is 5.78. The van der Waals surface area contributed by atoms with Crippen LogP contribution in [0.2, 0.25) is 0 Å². The Morgan fingerprint density at radius 1 is 1.07 bits per heavy atom. The summed E-state index contributed by atoms with van der Waals surface area (Å²) in [5, 5.41) is 0. The topological polar surface area (TPSA) is 70.5 Å². The third-order valence-corrected chi connectivity index (χ3v) is 7.92. The van der Waals surface area contributed by atoms with E-state index in [-0.39, 0.29) is 24.1 Å². The van der Waals surface area contributed by atoms with Gasteiger partial charge in [-0.25, -0.2) is 14.4 Å². The summed E-state index contributed by atoms with van der Waals surface area (Å²) in [6, 6.07) is 15.2. The fourth-order valence-corrected chi connectivity index (χ4v) is 6.08. The van der Waals surface area contributed by atoms with Crippen molar-refractivity contribution in [3.8, 4) is 34.0 Å². The maximum atomic E-state index is 15.3. The molecule has 2 heterocycles. The van der Waals surface area contributed by atoms with Gasteiger partial charge in [0.2, 0.25) is 0 Å². The molecular weight excluding hydrogens is 507 g/mol. The van der Waals surface area contributed by atoms with Gasteiger partial charge < -0.3 is 14.2 Å². The zero-order chi connectivity index (χ0) is 28.0. The molecule has 0 bridgehead atoms. The molecule has 0 radical (unpaired) electrons. The van der Waals surface area contributed by atoms with Gasteiger partial charge >= 0.3 is 5.97 Å². The number of methoxy groups -OCH3 is 1. The number of fused-ring (bicyclic) bond motifs is 2. The Bertz CT molecular complexity index is 1610. The molecule has 0 unspecified atom stereocenters. The summed E-state index contributed by atoms with van der Waals surface area (Å²) in [5.74, 6) is 1.46. The molecule has 6 rings (SSSR count). The van der Waals surface area contributed by atoms with Gasteiger partial charge in [-0.15, -0.1) is 0 Å². The Hall–Kier alpha value is -4.26. The largest absolute Gasteiger partial charge is 0.492 e. The quantitative estimate of drug-likeness (QED) is 0.247. The van der Waals surface area contributed by atoms with Crippen molar-refractivity contribution in [1.29, 1.82) is 0 Å². The number of hydrogen-bond acceptors (Lipinski definition) is 6. The van der Waals surface area contributed by atoms with E-state index in [0.29, 0.717) is 35.9 Å². The molecule has 6 nitrogen and oxygen atoms in total. The number of aromatic nitrogens is 2. The first-order chi connectivity index (χ1) is 19.3. The first-order valence-electron chi connectivity index (χ1n) is 13.6. The van der Waals surface area contributed by atoms with Crippen molar-refractivity contribution in [2.75, 3.05) is 13.7 Å².